The van der Waals surface area contributed by atoms with Gasteiger partial charge in [0.2, 0.25) is 0 Å². The molecule has 1 aromatic carbocycles. The number of urea groups is 1. The largest absolute Gasteiger partial charge is 0.391 e. The molecule has 0 aliphatic carbocycles. The molecular formula is C18H26N4O2. The van der Waals surface area contributed by atoms with Crippen molar-refractivity contribution >= 4 is 6.03 Å². The maximum absolute atomic E-state index is 11.9. The van der Waals surface area contributed by atoms with Gasteiger partial charge < -0.3 is 15.7 Å². The Labute approximate surface area is 142 Å². The third-order valence-electron chi connectivity index (χ3n) is 3.69. The summed E-state index contributed by atoms with van der Waals surface area (Å²) in [6, 6.07) is 9.57. The minimum atomic E-state index is -0.511. The van der Waals surface area contributed by atoms with Gasteiger partial charge in [0.1, 0.15) is 0 Å². The SMILES string of the molecule is CC(C)CC(O)CNC(=O)NCc1ccccc1Cn1cccn1. The molecule has 2 rings (SSSR count). The topological polar surface area (TPSA) is 79.2 Å². The second-order valence-electron chi connectivity index (χ2n) is 6.32. The van der Waals surface area contributed by atoms with Crippen LogP contribution in [-0.4, -0.2) is 33.6 Å². The van der Waals surface area contributed by atoms with E-state index in [2.05, 4.69) is 15.7 Å². The lowest BCUT2D eigenvalue weighted by Crippen LogP contribution is -2.39. The molecule has 6 heteroatoms. The molecule has 0 aliphatic rings. The molecule has 0 aliphatic heterocycles. The highest BCUT2D eigenvalue weighted by atomic mass is 16.3. The van der Waals surface area contributed by atoms with Crippen LogP contribution in [0.2, 0.25) is 0 Å². The van der Waals surface area contributed by atoms with Crippen molar-refractivity contribution in [3.8, 4) is 0 Å². The molecule has 2 aromatic rings. The summed E-state index contributed by atoms with van der Waals surface area (Å²) in [6.07, 6.45) is 3.82. The molecule has 0 spiro atoms. The highest BCUT2D eigenvalue weighted by Gasteiger charge is 2.09. The van der Waals surface area contributed by atoms with Crippen molar-refractivity contribution in [1.29, 1.82) is 0 Å². The molecule has 1 aromatic heterocycles. The maximum Gasteiger partial charge on any atom is 0.315 e. The van der Waals surface area contributed by atoms with E-state index in [1.54, 1.807) is 6.20 Å². The van der Waals surface area contributed by atoms with Crippen LogP contribution < -0.4 is 10.6 Å². The number of hydrogen-bond donors (Lipinski definition) is 3. The van der Waals surface area contributed by atoms with E-state index in [1.165, 1.54) is 0 Å². The summed E-state index contributed by atoms with van der Waals surface area (Å²) in [5.74, 6) is 0.402. The predicted molar refractivity (Wildman–Crippen MR) is 93.5 cm³/mol. The van der Waals surface area contributed by atoms with Crippen LogP contribution in [0.5, 0.6) is 0 Å². The van der Waals surface area contributed by atoms with Crippen molar-refractivity contribution in [2.75, 3.05) is 6.54 Å². The summed E-state index contributed by atoms with van der Waals surface area (Å²) in [7, 11) is 0. The molecule has 0 bridgehead atoms. The van der Waals surface area contributed by atoms with Gasteiger partial charge in [-0.15, -0.1) is 0 Å². The van der Waals surface area contributed by atoms with Crippen LogP contribution in [-0.2, 0) is 13.1 Å². The molecule has 0 fully saturated rings. The number of nitrogens with one attached hydrogen (secondary N) is 2. The Morgan fingerprint density at radius 2 is 1.96 bits per heavy atom. The van der Waals surface area contributed by atoms with E-state index in [0.29, 0.717) is 25.4 Å². The number of rotatable bonds is 8. The predicted octanol–water partition coefficient (Wildman–Crippen LogP) is 2.14. The van der Waals surface area contributed by atoms with E-state index in [0.717, 1.165) is 11.1 Å². The maximum atomic E-state index is 11.9. The average Bonchev–Trinajstić information content (AvgIpc) is 3.04. The van der Waals surface area contributed by atoms with E-state index in [-0.39, 0.29) is 12.6 Å². The summed E-state index contributed by atoms with van der Waals surface area (Å²) >= 11 is 0. The van der Waals surface area contributed by atoms with Gasteiger partial charge in [-0.3, -0.25) is 4.68 Å². The first kappa shape index (κ1) is 18.0. The minimum Gasteiger partial charge on any atom is -0.391 e. The number of aromatic nitrogens is 2. The lowest BCUT2D eigenvalue weighted by Gasteiger charge is -2.15. The second-order valence-corrected chi connectivity index (χ2v) is 6.32. The third-order valence-corrected chi connectivity index (χ3v) is 3.69. The zero-order valence-corrected chi connectivity index (χ0v) is 14.3. The van der Waals surface area contributed by atoms with E-state index in [9.17, 15) is 9.90 Å². The number of aliphatic hydroxyl groups excluding tert-OH is 1. The van der Waals surface area contributed by atoms with Gasteiger partial charge >= 0.3 is 6.03 Å². The Kier molecular flexibility index (Phi) is 6.81. The van der Waals surface area contributed by atoms with Crippen LogP contribution in [0.3, 0.4) is 0 Å². The summed E-state index contributed by atoms with van der Waals surface area (Å²) in [5.41, 5.74) is 2.16. The van der Waals surface area contributed by atoms with Crippen LogP contribution >= 0.6 is 0 Å². The molecule has 1 unspecified atom stereocenters. The number of nitrogens with zero attached hydrogens (tertiary/aromatic N) is 2. The Morgan fingerprint density at radius 1 is 1.21 bits per heavy atom. The second kappa shape index (κ2) is 9.08. The first-order valence-electron chi connectivity index (χ1n) is 8.28. The van der Waals surface area contributed by atoms with Gasteiger partial charge in [0.15, 0.2) is 0 Å². The van der Waals surface area contributed by atoms with Gasteiger partial charge in [0.25, 0.3) is 0 Å². The Morgan fingerprint density at radius 3 is 2.62 bits per heavy atom. The molecule has 0 radical (unpaired) electrons. The molecule has 3 N–H and O–H groups in total. The molecule has 0 saturated carbocycles. The first-order valence-corrected chi connectivity index (χ1v) is 8.28. The minimum absolute atomic E-state index is 0.263. The fourth-order valence-corrected chi connectivity index (χ4v) is 2.53. The van der Waals surface area contributed by atoms with E-state index >= 15 is 0 Å². The highest BCUT2D eigenvalue weighted by Crippen LogP contribution is 2.10. The number of carbonyl (C=O) groups excluding carboxylic acids is 1. The third kappa shape index (κ3) is 6.04. The van der Waals surface area contributed by atoms with Crippen molar-refractivity contribution in [3.05, 3.63) is 53.9 Å². The van der Waals surface area contributed by atoms with Gasteiger partial charge in [-0.25, -0.2) is 4.79 Å². The lowest BCUT2D eigenvalue weighted by molar-refractivity contribution is 0.147. The number of carbonyl (C=O) groups is 1. The van der Waals surface area contributed by atoms with Gasteiger partial charge in [-0.05, 0) is 29.5 Å². The summed E-state index contributed by atoms with van der Waals surface area (Å²) in [4.78, 5) is 11.9. The summed E-state index contributed by atoms with van der Waals surface area (Å²) in [6.45, 7) is 5.45. The van der Waals surface area contributed by atoms with E-state index in [4.69, 9.17) is 0 Å². The fraction of sp³-hybridized carbons (Fsp3) is 0.444. The van der Waals surface area contributed by atoms with E-state index < -0.39 is 6.10 Å². The molecule has 130 valence electrons. The molecule has 24 heavy (non-hydrogen) atoms. The molecule has 6 nitrogen and oxygen atoms in total. The summed E-state index contributed by atoms with van der Waals surface area (Å²) < 4.78 is 1.85. The number of amides is 2. The van der Waals surface area contributed by atoms with Crippen LogP contribution in [0.4, 0.5) is 4.79 Å². The highest BCUT2D eigenvalue weighted by molar-refractivity contribution is 5.73. The number of aliphatic hydroxyl groups is 1. The smallest absolute Gasteiger partial charge is 0.315 e. The van der Waals surface area contributed by atoms with Crippen molar-refractivity contribution in [2.24, 2.45) is 5.92 Å². The zero-order valence-electron chi connectivity index (χ0n) is 14.3. The van der Waals surface area contributed by atoms with Crippen LogP contribution in [0, 0.1) is 5.92 Å². The Balaban J connectivity index is 1.82. The standard InChI is InChI=1S/C18H26N4O2/c1-14(2)10-17(23)12-20-18(24)19-11-15-6-3-4-7-16(15)13-22-9-5-8-21-22/h3-9,14,17,23H,10-13H2,1-2H3,(H2,19,20,24). The molecule has 0 saturated heterocycles. The van der Waals surface area contributed by atoms with Gasteiger partial charge in [-0.2, -0.15) is 5.10 Å². The number of hydrogen-bond acceptors (Lipinski definition) is 3. The Hall–Kier alpha value is -2.34. The first-order chi connectivity index (χ1) is 11.5. The van der Waals surface area contributed by atoms with Gasteiger partial charge in [0, 0.05) is 25.5 Å². The van der Waals surface area contributed by atoms with Gasteiger partial charge in [-0.1, -0.05) is 38.1 Å². The van der Waals surface area contributed by atoms with Crippen LogP contribution in [0.15, 0.2) is 42.7 Å². The molecule has 1 atom stereocenters. The van der Waals surface area contributed by atoms with Crippen LogP contribution in [0.1, 0.15) is 31.4 Å². The normalized spacial score (nSPS) is 12.2. The van der Waals surface area contributed by atoms with Crippen molar-refractivity contribution in [1.82, 2.24) is 20.4 Å². The van der Waals surface area contributed by atoms with Crippen molar-refractivity contribution < 1.29 is 9.90 Å². The Bertz CT molecular complexity index is 626. The van der Waals surface area contributed by atoms with Crippen molar-refractivity contribution in [2.45, 2.75) is 39.5 Å². The number of benzene rings is 1. The van der Waals surface area contributed by atoms with Crippen LogP contribution in [0.25, 0.3) is 0 Å². The zero-order chi connectivity index (χ0) is 17.4. The van der Waals surface area contributed by atoms with Gasteiger partial charge in [0.05, 0.1) is 12.6 Å². The average molecular weight is 330 g/mol. The molecular weight excluding hydrogens is 304 g/mol. The van der Waals surface area contributed by atoms with Crippen molar-refractivity contribution in [3.63, 3.8) is 0 Å². The monoisotopic (exact) mass is 330 g/mol. The molecule has 1 heterocycles. The quantitative estimate of drug-likeness (QED) is 0.694. The lowest BCUT2D eigenvalue weighted by atomic mass is 10.1. The van der Waals surface area contributed by atoms with E-state index in [1.807, 2.05) is 55.1 Å². The molecule has 2 amide bonds. The fourth-order valence-electron chi connectivity index (χ4n) is 2.53. The summed E-state index contributed by atoms with van der Waals surface area (Å²) in [5, 5.41) is 19.5.